The minimum Gasteiger partial charge on any atom is -0.394 e. The summed E-state index contributed by atoms with van der Waals surface area (Å²) >= 11 is 0. The van der Waals surface area contributed by atoms with Crippen LogP contribution in [-0.4, -0.2) is 33.7 Å². The van der Waals surface area contributed by atoms with Gasteiger partial charge < -0.3 is 15.1 Å². The van der Waals surface area contributed by atoms with Crippen molar-refractivity contribution in [3.63, 3.8) is 0 Å². The molecule has 1 aliphatic rings. The van der Waals surface area contributed by atoms with Crippen LogP contribution in [0.3, 0.4) is 0 Å². The Morgan fingerprint density at radius 1 is 1.44 bits per heavy atom. The zero-order chi connectivity index (χ0) is 11.7. The number of fused-ring (bicyclic) bond motifs is 1. The fraction of sp³-hybridized carbons (Fsp3) is 0.417. The molecule has 0 spiro atoms. The molecule has 0 bridgehead atoms. The maximum absolute atomic E-state index is 12.0. The van der Waals surface area contributed by atoms with Crippen LogP contribution in [0, 0.1) is 0 Å². The summed E-state index contributed by atoms with van der Waals surface area (Å²) in [7, 11) is 0. The molecule has 0 aliphatic carbocycles. The van der Waals surface area contributed by atoms with Gasteiger partial charge in [-0.1, -0.05) is 25.1 Å². The van der Waals surface area contributed by atoms with E-state index >= 15 is 0 Å². The molecular formula is C12H15NO3. The summed E-state index contributed by atoms with van der Waals surface area (Å²) in [6, 6.07) is 6.67. The Hall–Kier alpha value is -1.39. The van der Waals surface area contributed by atoms with Crippen molar-refractivity contribution in [2.24, 2.45) is 0 Å². The van der Waals surface area contributed by atoms with Gasteiger partial charge in [-0.15, -0.1) is 0 Å². The van der Waals surface area contributed by atoms with Gasteiger partial charge in [-0.2, -0.15) is 0 Å². The molecule has 1 aliphatic heterocycles. The fourth-order valence-corrected chi connectivity index (χ4v) is 2.10. The number of benzene rings is 1. The minimum absolute atomic E-state index is 0.132. The van der Waals surface area contributed by atoms with Crippen LogP contribution < -0.4 is 0 Å². The van der Waals surface area contributed by atoms with E-state index in [9.17, 15) is 15.0 Å². The van der Waals surface area contributed by atoms with E-state index in [4.69, 9.17) is 0 Å². The first-order valence-corrected chi connectivity index (χ1v) is 5.41. The van der Waals surface area contributed by atoms with Crippen molar-refractivity contribution in [1.82, 2.24) is 4.90 Å². The second-order valence-electron chi connectivity index (χ2n) is 3.92. The first kappa shape index (κ1) is 11.1. The van der Waals surface area contributed by atoms with E-state index in [1.807, 2.05) is 6.92 Å². The number of amides is 1. The first-order valence-electron chi connectivity index (χ1n) is 5.41. The van der Waals surface area contributed by atoms with Crippen molar-refractivity contribution < 1.29 is 15.0 Å². The number of aliphatic hydroxyl groups is 2. The zero-order valence-corrected chi connectivity index (χ0v) is 9.13. The van der Waals surface area contributed by atoms with Crippen LogP contribution >= 0.6 is 0 Å². The molecule has 86 valence electrons. The summed E-state index contributed by atoms with van der Waals surface area (Å²) < 4.78 is 0. The molecule has 16 heavy (non-hydrogen) atoms. The lowest BCUT2D eigenvalue weighted by atomic mass is 10.1. The Morgan fingerprint density at radius 2 is 2.12 bits per heavy atom. The predicted octanol–water partition coefficient (Wildman–Crippen LogP) is 0.904. The topological polar surface area (TPSA) is 60.8 Å². The molecule has 2 rings (SSSR count). The molecule has 2 atom stereocenters. The fourth-order valence-electron chi connectivity index (χ4n) is 2.10. The Bertz CT molecular complexity index is 401. The average Bonchev–Trinajstić information content (AvgIpc) is 2.57. The Morgan fingerprint density at radius 3 is 2.69 bits per heavy atom. The average molecular weight is 221 g/mol. The summed E-state index contributed by atoms with van der Waals surface area (Å²) in [5.74, 6) is -0.205. The third-order valence-electron chi connectivity index (χ3n) is 3.04. The van der Waals surface area contributed by atoms with Crippen LogP contribution in [0.25, 0.3) is 0 Å². The van der Waals surface area contributed by atoms with Gasteiger partial charge in [-0.05, 0) is 12.5 Å². The molecule has 1 heterocycles. The van der Waals surface area contributed by atoms with Gasteiger partial charge in [0.25, 0.3) is 5.91 Å². The van der Waals surface area contributed by atoms with Gasteiger partial charge >= 0.3 is 0 Å². The van der Waals surface area contributed by atoms with Gasteiger partial charge in [0.1, 0.15) is 0 Å². The van der Waals surface area contributed by atoms with E-state index < -0.39 is 6.23 Å². The molecule has 4 heteroatoms. The molecule has 0 radical (unpaired) electrons. The van der Waals surface area contributed by atoms with E-state index in [0.29, 0.717) is 17.5 Å². The summed E-state index contributed by atoms with van der Waals surface area (Å²) in [6.45, 7) is 1.75. The predicted molar refractivity (Wildman–Crippen MR) is 58.7 cm³/mol. The van der Waals surface area contributed by atoms with Crippen LogP contribution in [-0.2, 0) is 0 Å². The Kier molecular flexibility index (Phi) is 2.94. The molecule has 4 nitrogen and oxygen atoms in total. The minimum atomic E-state index is -0.930. The molecule has 2 N–H and O–H groups in total. The van der Waals surface area contributed by atoms with Crippen molar-refractivity contribution in [2.75, 3.05) is 6.61 Å². The highest BCUT2D eigenvalue weighted by Gasteiger charge is 2.38. The number of carbonyl (C=O) groups excluding carboxylic acids is 1. The molecule has 0 aromatic heterocycles. The molecule has 0 fully saturated rings. The maximum atomic E-state index is 12.0. The van der Waals surface area contributed by atoms with Crippen molar-refractivity contribution in [2.45, 2.75) is 25.6 Å². The van der Waals surface area contributed by atoms with E-state index in [0.717, 1.165) is 0 Å². The summed E-state index contributed by atoms with van der Waals surface area (Å²) in [4.78, 5) is 13.4. The summed E-state index contributed by atoms with van der Waals surface area (Å²) in [5, 5.41) is 19.2. The monoisotopic (exact) mass is 221 g/mol. The Labute approximate surface area is 94.1 Å². The van der Waals surface area contributed by atoms with Crippen LogP contribution in [0.2, 0.25) is 0 Å². The smallest absolute Gasteiger partial charge is 0.256 e. The van der Waals surface area contributed by atoms with E-state index in [1.165, 1.54) is 4.90 Å². The normalized spacial score (nSPS) is 21.1. The quantitative estimate of drug-likeness (QED) is 0.797. The van der Waals surface area contributed by atoms with Crippen LogP contribution in [0.1, 0.15) is 35.5 Å². The number of hydrogen-bond acceptors (Lipinski definition) is 3. The van der Waals surface area contributed by atoms with Gasteiger partial charge in [-0.3, -0.25) is 4.79 Å². The number of carbonyl (C=O) groups is 1. The lowest BCUT2D eigenvalue weighted by molar-refractivity contribution is -0.0162. The summed E-state index contributed by atoms with van der Waals surface area (Å²) in [6.07, 6.45) is -0.311. The van der Waals surface area contributed by atoms with Crippen molar-refractivity contribution in [1.29, 1.82) is 0 Å². The second-order valence-corrected chi connectivity index (χ2v) is 3.92. The van der Waals surface area contributed by atoms with E-state index in [-0.39, 0.29) is 18.6 Å². The largest absolute Gasteiger partial charge is 0.394 e. The van der Waals surface area contributed by atoms with Gasteiger partial charge in [0, 0.05) is 11.1 Å². The summed E-state index contributed by atoms with van der Waals surface area (Å²) in [5.41, 5.74) is 1.15. The van der Waals surface area contributed by atoms with Crippen LogP contribution in [0.4, 0.5) is 0 Å². The Balaban J connectivity index is 2.38. The molecular weight excluding hydrogens is 206 g/mol. The number of rotatable bonds is 3. The maximum Gasteiger partial charge on any atom is 0.256 e. The second kappa shape index (κ2) is 4.23. The van der Waals surface area contributed by atoms with Crippen molar-refractivity contribution in [3.05, 3.63) is 35.4 Å². The van der Waals surface area contributed by atoms with Crippen LogP contribution in [0.5, 0.6) is 0 Å². The van der Waals surface area contributed by atoms with Gasteiger partial charge in [0.05, 0.1) is 12.6 Å². The van der Waals surface area contributed by atoms with Crippen molar-refractivity contribution in [3.8, 4) is 0 Å². The van der Waals surface area contributed by atoms with Crippen LogP contribution in [0.15, 0.2) is 24.3 Å². The molecule has 0 saturated carbocycles. The van der Waals surface area contributed by atoms with E-state index in [1.54, 1.807) is 24.3 Å². The molecule has 1 aromatic carbocycles. The van der Waals surface area contributed by atoms with Gasteiger partial charge in [0.15, 0.2) is 6.23 Å². The van der Waals surface area contributed by atoms with Crippen molar-refractivity contribution >= 4 is 5.91 Å². The number of aliphatic hydroxyl groups excluding tert-OH is 2. The highest BCUT2D eigenvalue weighted by Crippen LogP contribution is 2.33. The molecule has 0 saturated heterocycles. The lowest BCUT2D eigenvalue weighted by Crippen LogP contribution is -2.40. The zero-order valence-electron chi connectivity index (χ0n) is 9.13. The highest BCUT2D eigenvalue weighted by molar-refractivity contribution is 5.99. The van der Waals surface area contributed by atoms with Gasteiger partial charge in [0.2, 0.25) is 0 Å². The highest BCUT2D eigenvalue weighted by atomic mass is 16.3. The first-order chi connectivity index (χ1) is 7.70. The number of hydrogen-bond donors (Lipinski definition) is 2. The standard InChI is InChI=1S/C12H15NO3/c1-2-8(7-14)13-11(15)9-5-3-4-6-10(9)12(13)16/h3-6,8,11,14-15H,2,7H2,1H3/t8-,11?/m0/s1. The third-order valence-corrected chi connectivity index (χ3v) is 3.04. The molecule has 1 aromatic rings. The SMILES string of the molecule is CC[C@@H](CO)N1C(=O)c2ccccc2C1O. The van der Waals surface area contributed by atoms with E-state index in [2.05, 4.69) is 0 Å². The molecule has 1 unspecified atom stereocenters. The molecule has 1 amide bonds. The van der Waals surface area contributed by atoms with Gasteiger partial charge in [-0.25, -0.2) is 0 Å². The third kappa shape index (κ3) is 1.50. The number of nitrogens with zero attached hydrogens (tertiary/aromatic N) is 1. The lowest BCUT2D eigenvalue weighted by Gasteiger charge is -2.28.